The monoisotopic (exact) mass is 254 g/mol. The average Bonchev–Trinajstić information content (AvgIpc) is 2.66. The third kappa shape index (κ3) is 2.96. The van der Waals surface area contributed by atoms with Crippen LogP contribution in [-0.4, -0.2) is 36.1 Å². The Labute approximate surface area is 110 Å². The number of aryl methyl sites for hydroxylation is 2. The molecule has 0 saturated carbocycles. The van der Waals surface area contributed by atoms with Crippen molar-refractivity contribution in [1.29, 1.82) is 0 Å². The fourth-order valence-electron chi connectivity index (χ4n) is 2.05. The lowest BCUT2D eigenvalue weighted by Gasteiger charge is -2.31. The van der Waals surface area contributed by atoms with Crippen LogP contribution in [0.3, 0.4) is 0 Å². The summed E-state index contributed by atoms with van der Waals surface area (Å²) in [7, 11) is 1.72. The van der Waals surface area contributed by atoms with Crippen LogP contribution in [0.5, 0.6) is 0 Å². The number of hydrogen-bond donors (Lipinski definition) is 1. The van der Waals surface area contributed by atoms with Crippen LogP contribution in [0.15, 0.2) is 0 Å². The van der Waals surface area contributed by atoms with E-state index < -0.39 is 0 Å². The number of methoxy groups -OCH3 is 1. The van der Waals surface area contributed by atoms with Gasteiger partial charge in [-0.1, -0.05) is 6.92 Å². The van der Waals surface area contributed by atoms with Gasteiger partial charge in [0.15, 0.2) is 5.82 Å². The van der Waals surface area contributed by atoms with Crippen molar-refractivity contribution in [1.82, 2.24) is 9.78 Å². The van der Waals surface area contributed by atoms with Crippen LogP contribution in [-0.2, 0) is 11.3 Å². The topological polar surface area (TPSA) is 56.3 Å². The Bertz CT molecular complexity index is 375. The van der Waals surface area contributed by atoms with E-state index >= 15 is 0 Å². The molecule has 104 valence electrons. The Morgan fingerprint density at radius 3 is 2.61 bits per heavy atom. The third-order valence-electron chi connectivity index (χ3n) is 3.38. The fourth-order valence-corrected chi connectivity index (χ4v) is 2.05. The first-order chi connectivity index (χ1) is 8.56. The molecule has 0 aliphatic heterocycles. The molecule has 1 atom stereocenters. The van der Waals surface area contributed by atoms with Gasteiger partial charge in [0.1, 0.15) is 0 Å². The second-order valence-corrected chi connectivity index (χ2v) is 4.58. The summed E-state index contributed by atoms with van der Waals surface area (Å²) in [6.45, 7) is 10.8. The van der Waals surface area contributed by atoms with Crippen LogP contribution in [0.25, 0.3) is 0 Å². The average molecular weight is 254 g/mol. The summed E-state index contributed by atoms with van der Waals surface area (Å²) in [5, 5.41) is 4.48. The fraction of sp³-hybridized carbons (Fsp3) is 0.769. The minimum absolute atomic E-state index is 0.420. The van der Waals surface area contributed by atoms with E-state index in [-0.39, 0.29) is 0 Å². The molecule has 2 N–H and O–H groups in total. The number of hydrogen-bond acceptors (Lipinski definition) is 4. The first kappa shape index (κ1) is 14.8. The highest BCUT2D eigenvalue weighted by Gasteiger charge is 2.21. The molecule has 0 radical (unpaired) electrons. The number of rotatable bonds is 7. The van der Waals surface area contributed by atoms with E-state index in [2.05, 4.69) is 30.8 Å². The summed E-state index contributed by atoms with van der Waals surface area (Å²) in [6, 6.07) is 0.420. The molecule has 0 aromatic carbocycles. The highest BCUT2D eigenvalue weighted by atomic mass is 16.5. The van der Waals surface area contributed by atoms with Gasteiger partial charge in [-0.3, -0.25) is 0 Å². The highest BCUT2D eigenvalue weighted by molar-refractivity contribution is 5.66. The highest BCUT2D eigenvalue weighted by Crippen LogP contribution is 2.28. The Kier molecular flexibility index (Phi) is 5.47. The summed E-state index contributed by atoms with van der Waals surface area (Å²) in [5.41, 5.74) is 7.86. The summed E-state index contributed by atoms with van der Waals surface area (Å²) in [4.78, 5) is 2.29. The first-order valence-corrected chi connectivity index (χ1v) is 6.65. The molecule has 18 heavy (non-hydrogen) atoms. The normalized spacial score (nSPS) is 12.7. The van der Waals surface area contributed by atoms with E-state index in [1.54, 1.807) is 7.11 Å². The minimum Gasteiger partial charge on any atom is -0.394 e. The zero-order valence-electron chi connectivity index (χ0n) is 12.2. The molecule has 0 amide bonds. The first-order valence-electron chi connectivity index (χ1n) is 6.65. The van der Waals surface area contributed by atoms with Crippen LogP contribution in [0.1, 0.15) is 32.9 Å². The smallest absolute Gasteiger partial charge is 0.150 e. The Balaban J connectivity index is 3.10. The van der Waals surface area contributed by atoms with Gasteiger partial charge in [-0.05, 0) is 27.2 Å². The van der Waals surface area contributed by atoms with Gasteiger partial charge < -0.3 is 15.4 Å². The van der Waals surface area contributed by atoms with E-state index in [4.69, 9.17) is 10.5 Å². The lowest BCUT2D eigenvalue weighted by molar-refractivity contribution is 0.203. The van der Waals surface area contributed by atoms with Crippen molar-refractivity contribution in [2.75, 3.05) is 30.9 Å². The van der Waals surface area contributed by atoms with E-state index in [9.17, 15) is 0 Å². The Hall–Kier alpha value is -1.23. The summed E-state index contributed by atoms with van der Waals surface area (Å²) >= 11 is 0. The van der Waals surface area contributed by atoms with Crippen LogP contribution in [0, 0.1) is 6.92 Å². The van der Waals surface area contributed by atoms with Crippen molar-refractivity contribution in [3.63, 3.8) is 0 Å². The number of aromatic nitrogens is 2. The van der Waals surface area contributed by atoms with Crippen molar-refractivity contribution in [3.8, 4) is 0 Å². The predicted molar refractivity (Wildman–Crippen MR) is 76.0 cm³/mol. The van der Waals surface area contributed by atoms with Gasteiger partial charge in [0, 0.05) is 26.2 Å². The van der Waals surface area contributed by atoms with E-state index in [0.29, 0.717) is 12.6 Å². The van der Waals surface area contributed by atoms with Gasteiger partial charge in [0.25, 0.3) is 0 Å². The van der Waals surface area contributed by atoms with Crippen molar-refractivity contribution >= 4 is 11.5 Å². The molecule has 1 aromatic rings. The Morgan fingerprint density at radius 2 is 2.11 bits per heavy atom. The van der Waals surface area contributed by atoms with Crippen LogP contribution < -0.4 is 10.6 Å². The van der Waals surface area contributed by atoms with Gasteiger partial charge in [0.2, 0.25) is 0 Å². The maximum Gasteiger partial charge on any atom is 0.150 e. The zero-order chi connectivity index (χ0) is 13.7. The molecule has 5 heteroatoms. The third-order valence-corrected chi connectivity index (χ3v) is 3.38. The van der Waals surface area contributed by atoms with E-state index in [1.807, 2.05) is 11.6 Å². The largest absolute Gasteiger partial charge is 0.394 e. The molecule has 5 nitrogen and oxygen atoms in total. The van der Waals surface area contributed by atoms with Crippen LogP contribution in [0.2, 0.25) is 0 Å². The number of nitrogen functional groups attached to an aromatic ring is 1. The van der Waals surface area contributed by atoms with Gasteiger partial charge in [-0.2, -0.15) is 5.10 Å². The van der Waals surface area contributed by atoms with E-state index in [1.165, 1.54) is 0 Å². The van der Waals surface area contributed by atoms with Gasteiger partial charge in [-0.25, -0.2) is 4.68 Å². The van der Waals surface area contributed by atoms with Crippen LogP contribution >= 0.6 is 0 Å². The summed E-state index contributed by atoms with van der Waals surface area (Å²) in [6.07, 6.45) is 1.07. The molecule has 1 rings (SSSR count). The van der Waals surface area contributed by atoms with Crippen molar-refractivity contribution in [3.05, 3.63) is 5.69 Å². The quantitative estimate of drug-likeness (QED) is 0.809. The SMILES string of the molecule is CCC(C)N(CCOC)c1c(N)c(C)nn1CC. The predicted octanol–water partition coefficient (Wildman–Crippen LogP) is 2.04. The summed E-state index contributed by atoms with van der Waals surface area (Å²) in [5.74, 6) is 1.03. The lowest BCUT2D eigenvalue weighted by atomic mass is 10.2. The minimum atomic E-state index is 0.420. The molecule has 0 fully saturated rings. The number of ether oxygens (including phenoxy) is 1. The second-order valence-electron chi connectivity index (χ2n) is 4.58. The second kappa shape index (κ2) is 6.64. The maximum atomic E-state index is 6.18. The van der Waals surface area contributed by atoms with E-state index in [0.717, 1.165) is 36.7 Å². The maximum absolute atomic E-state index is 6.18. The molecule has 0 bridgehead atoms. The van der Waals surface area contributed by atoms with Crippen LogP contribution in [0.4, 0.5) is 11.5 Å². The molecule has 0 spiro atoms. The zero-order valence-corrected chi connectivity index (χ0v) is 12.2. The molecular formula is C13H26N4O. The van der Waals surface area contributed by atoms with Gasteiger partial charge >= 0.3 is 0 Å². The molecule has 1 unspecified atom stereocenters. The number of nitrogens with zero attached hydrogens (tertiary/aromatic N) is 3. The molecular weight excluding hydrogens is 228 g/mol. The standard InChI is InChI=1S/C13H26N4O/c1-6-10(3)16(8-9-18-5)13-12(14)11(4)15-17(13)7-2/h10H,6-9,14H2,1-5H3. The molecule has 0 aliphatic rings. The van der Waals surface area contributed by atoms with Crippen molar-refractivity contribution in [2.24, 2.45) is 0 Å². The molecule has 1 aromatic heterocycles. The van der Waals surface area contributed by atoms with Gasteiger partial charge in [-0.15, -0.1) is 0 Å². The van der Waals surface area contributed by atoms with Crippen molar-refractivity contribution in [2.45, 2.75) is 46.7 Å². The molecule has 1 heterocycles. The molecule has 0 saturated heterocycles. The lowest BCUT2D eigenvalue weighted by Crippen LogP contribution is -2.37. The number of anilines is 2. The van der Waals surface area contributed by atoms with Crippen molar-refractivity contribution < 1.29 is 4.74 Å². The Morgan fingerprint density at radius 1 is 1.44 bits per heavy atom. The molecule has 0 aliphatic carbocycles. The number of nitrogens with two attached hydrogens (primary N) is 1. The van der Waals surface area contributed by atoms with Gasteiger partial charge in [0.05, 0.1) is 18.0 Å². The summed E-state index contributed by atoms with van der Waals surface area (Å²) < 4.78 is 7.18.